The Bertz CT molecular complexity index is 360. The van der Waals surface area contributed by atoms with Gasteiger partial charge in [-0.05, 0) is 32.9 Å². The van der Waals surface area contributed by atoms with E-state index >= 15 is 0 Å². The molecule has 0 aliphatic rings. The molecule has 0 aromatic carbocycles. The second-order valence-corrected chi connectivity index (χ2v) is 4.46. The van der Waals surface area contributed by atoms with Crippen molar-refractivity contribution in [3.8, 4) is 0 Å². The van der Waals surface area contributed by atoms with E-state index in [1.165, 1.54) is 6.33 Å². The quantitative estimate of drug-likeness (QED) is 0.701. The van der Waals surface area contributed by atoms with E-state index in [9.17, 15) is 8.78 Å². The molecule has 1 rings (SSSR count). The summed E-state index contributed by atoms with van der Waals surface area (Å²) in [5.41, 5.74) is 0.923. The number of nitrogens with zero attached hydrogens (tertiary/aromatic N) is 3. The van der Waals surface area contributed by atoms with Crippen LogP contribution < -0.4 is 5.32 Å². The lowest BCUT2D eigenvalue weighted by atomic mass is 10.3. The van der Waals surface area contributed by atoms with Gasteiger partial charge in [-0.1, -0.05) is 6.92 Å². The number of nitrogens with one attached hydrogen (secondary N) is 1. The number of alkyl halides is 2. The van der Waals surface area contributed by atoms with Crippen molar-refractivity contribution in [3.63, 3.8) is 0 Å². The van der Waals surface area contributed by atoms with Gasteiger partial charge in [-0.2, -0.15) is 0 Å². The monoisotopic (exact) mass is 272 g/mol. The average Bonchev–Trinajstić information content (AvgIpc) is 2.36. The van der Waals surface area contributed by atoms with Gasteiger partial charge in [0.1, 0.15) is 12.1 Å². The van der Waals surface area contributed by atoms with E-state index in [1.54, 1.807) is 4.90 Å². The van der Waals surface area contributed by atoms with Gasteiger partial charge < -0.3 is 5.32 Å². The van der Waals surface area contributed by atoms with E-state index in [0.29, 0.717) is 13.1 Å². The molecule has 1 N–H and O–H groups in total. The first-order valence-corrected chi connectivity index (χ1v) is 6.64. The first kappa shape index (κ1) is 15.8. The number of halogens is 2. The second-order valence-electron chi connectivity index (χ2n) is 4.46. The van der Waals surface area contributed by atoms with Crippen molar-refractivity contribution in [2.45, 2.75) is 33.1 Å². The molecule has 0 aliphatic heterocycles. The van der Waals surface area contributed by atoms with Crippen LogP contribution in [0.15, 0.2) is 12.4 Å². The van der Waals surface area contributed by atoms with Crippen LogP contribution in [0.5, 0.6) is 0 Å². The van der Waals surface area contributed by atoms with E-state index in [-0.39, 0.29) is 6.54 Å². The van der Waals surface area contributed by atoms with E-state index in [2.05, 4.69) is 15.3 Å². The molecule has 0 atom stereocenters. The minimum Gasteiger partial charge on any atom is -0.370 e. The predicted octanol–water partition coefficient (Wildman–Crippen LogP) is 2.56. The molecule has 0 saturated heterocycles. The van der Waals surface area contributed by atoms with Crippen LogP contribution in [0.4, 0.5) is 14.6 Å². The first-order chi connectivity index (χ1) is 9.11. The fraction of sp³-hybridized carbons (Fsp3) is 0.692. The van der Waals surface area contributed by atoms with Crippen molar-refractivity contribution in [1.29, 1.82) is 0 Å². The Labute approximate surface area is 113 Å². The maximum absolute atomic E-state index is 12.2. The van der Waals surface area contributed by atoms with E-state index in [0.717, 1.165) is 30.9 Å². The van der Waals surface area contributed by atoms with Crippen LogP contribution in [-0.4, -0.2) is 47.5 Å². The fourth-order valence-corrected chi connectivity index (χ4v) is 1.80. The summed E-state index contributed by atoms with van der Waals surface area (Å²) in [6, 6.07) is 1.88. The summed E-state index contributed by atoms with van der Waals surface area (Å²) in [6.07, 6.45) is 1.11. The summed E-state index contributed by atoms with van der Waals surface area (Å²) < 4.78 is 24.5. The zero-order valence-electron chi connectivity index (χ0n) is 11.6. The summed E-state index contributed by atoms with van der Waals surface area (Å²) in [5, 5.41) is 3.20. The lowest BCUT2D eigenvalue weighted by molar-refractivity contribution is 0.0901. The van der Waals surface area contributed by atoms with E-state index in [1.807, 2.05) is 19.9 Å². The first-order valence-electron chi connectivity index (χ1n) is 6.64. The van der Waals surface area contributed by atoms with Gasteiger partial charge in [-0.3, -0.25) is 4.90 Å². The number of hydrogen-bond donors (Lipinski definition) is 1. The van der Waals surface area contributed by atoms with Gasteiger partial charge in [0.05, 0.1) is 6.54 Å². The molecule has 6 heteroatoms. The van der Waals surface area contributed by atoms with Crippen LogP contribution in [0.2, 0.25) is 0 Å². The highest BCUT2D eigenvalue weighted by Crippen LogP contribution is 2.04. The van der Waals surface area contributed by atoms with Gasteiger partial charge in [-0.25, -0.2) is 18.7 Å². The van der Waals surface area contributed by atoms with Crippen LogP contribution in [-0.2, 0) is 0 Å². The minimum atomic E-state index is -2.25. The van der Waals surface area contributed by atoms with E-state index < -0.39 is 6.43 Å². The Kier molecular flexibility index (Phi) is 7.25. The molecule has 1 aromatic rings. The lowest BCUT2D eigenvalue weighted by Gasteiger charge is -2.19. The molecule has 0 radical (unpaired) electrons. The van der Waals surface area contributed by atoms with Gasteiger partial charge in [0, 0.05) is 18.3 Å². The van der Waals surface area contributed by atoms with Crippen molar-refractivity contribution in [3.05, 3.63) is 18.1 Å². The van der Waals surface area contributed by atoms with Crippen LogP contribution in [0.3, 0.4) is 0 Å². The highest BCUT2D eigenvalue weighted by Gasteiger charge is 2.09. The summed E-state index contributed by atoms with van der Waals surface area (Å²) in [4.78, 5) is 9.89. The third-order valence-corrected chi connectivity index (χ3v) is 2.85. The fourth-order valence-electron chi connectivity index (χ4n) is 1.80. The highest BCUT2D eigenvalue weighted by atomic mass is 19.3. The Hall–Kier alpha value is -1.30. The molecule has 19 heavy (non-hydrogen) atoms. The van der Waals surface area contributed by atoms with Crippen LogP contribution in [0.25, 0.3) is 0 Å². The molecule has 0 aliphatic carbocycles. The maximum Gasteiger partial charge on any atom is 0.251 e. The summed E-state index contributed by atoms with van der Waals surface area (Å²) >= 11 is 0. The molecule has 1 aromatic heterocycles. The minimum absolute atomic E-state index is 0.130. The number of hydrogen-bond acceptors (Lipinski definition) is 4. The summed E-state index contributed by atoms with van der Waals surface area (Å²) in [5.74, 6) is 0.812. The molecule has 0 unspecified atom stereocenters. The number of unbranched alkanes of at least 4 members (excludes halogenated alkanes) is 1. The third kappa shape index (κ3) is 7.00. The molecular formula is C13H22F2N4. The molecule has 0 bridgehead atoms. The smallest absolute Gasteiger partial charge is 0.251 e. The molecular weight excluding hydrogens is 250 g/mol. The van der Waals surface area contributed by atoms with Crippen molar-refractivity contribution in [2.24, 2.45) is 0 Å². The van der Waals surface area contributed by atoms with Crippen LogP contribution in [0, 0.1) is 6.92 Å². The van der Waals surface area contributed by atoms with Crippen LogP contribution >= 0.6 is 0 Å². The number of rotatable bonds is 9. The molecule has 1 heterocycles. The third-order valence-electron chi connectivity index (χ3n) is 2.85. The van der Waals surface area contributed by atoms with Gasteiger partial charge in [0.25, 0.3) is 6.43 Å². The largest absolute Gasteiger partial charge is 0.370 e. The van der Waals surface area contributed by atoms with Crippen molar-refractivity contribution < 1.29 is 8.78 Å². The van der Waals surface area contributed by atoms with Gasteiger partial charge in [0.2, 0.25) is 0 Å². The highest BCUT2D eigenvalue weighted by molar-refractivity contribution is 5.33. The Morgan fingerprint density at radius 3 is 2.74 bits per heavy atom. The topological polar surface area (TPSA) is 41.0 Å². The SMILES string of the molecule is CCN(CCCCNc1cc(C)ncn1)CC(F)F. The summed E-state index contributed by atoms with van der Waals surface area (Å²) in [6.45, 7) is 5.87. The number of aromatic nitrogens is 2. The zero-order valence-corrected chi connectivity index (χ0v) is 11.6. The van der Waals surface area contributed by atoms with Crippen molar-refractivity contribution >= 4 is 5.82 Å². The molecule has 0 saturated carbocycles. The average molecular weight is 272 g/mol. The maximum atomic E-state index is 12.2. The van der Waals surface area contributed by atoms with Crippen LogP contribution in [0.1, 0.15) is 25.5 Å². The Morgan fingerprint density at radius 2 is 2.11 bits per heavy atom. The number of anilines is 1. The molecule has 4 nitrogen and oxygen atoms in total. The normalized spacial score (nSPS) is 11.3. The lowest BCUT2D eigenvalue weighted by Crippen LogP contribution is -2.30. The van der Waals surface area contributed by atoms with Gasteiger partial charge in [0.15, 0.2) is 0 Å². The van der Waals surface area contributed by atoms with E-state index in [4.69, 9.17) is 0 Å². The Morgan fingerprint density at radius 1 is 1.32 bits per heavy atom. The van der Waals surface area contributed by atoms with Gasteiger partial charge >= 0.3 is 0 Å². The Balaban J connectivity index is 2.13. The predicted molar refractivity (Wildman–Crippen MR) is 72.6 cm³/mol. The van der Waals surface area contributed by atoms with Gasteiger partial charge in [-0.15, -0.1) is 0 Å². The molecule has 108 valence electrons. The van der Waals surface area contributed by atoms with Crippen molar-refractivity contribution in [1.82, 2.24) is 14.9 Å². The zero-order chi connectivity index (χ0) is 14.1. The second kappa shape index (κ2) is 8.74. The van der Waals surface area contributed by atoms with Crippen molar-refractivity contribution in [2.75, 3.05) is 31.5 Å². The molecule has 0 spiro atoms. The number of aryl methyl sites for hydroxylation is 1. The molecule has 0 amide bonds. The molecule has 0 fully saturated rings. The standard InChI is InChI=1S/C13H22F2N4/c1-3-19(9-12(14)15)7-5-4-6-16-13-8-11(2)17-10-18-13/h8,10,12H,3-7,9H2,1-2H3,(H,16,17,18). The summed E-state index contributed by atoms with van der Waals surface area (Å²) in [7, 11) is 0.